The molecule has 0 aromatic heterocycles. The zero-order valence-corrected chi connectivity index (χ0v) is 6.35. The maximum absolute atomic E-state index is 12.8. The van der Waals surface area contributed by atoms with Gasteiger partial charge in [-0.2, -0.15) is 8.78 Å². The van der Waals surface area contributed by atoms with E-state index in [0.29, 0.717) is 6.42 Å². The smallest absolute Gasteiger partial charge is 0.313 e. The summed E-state index contributed by atoms with van der Waals surface area (Å²) in [5.74, 6) is 0. The third-order valence-electron chi connectivity index (χ3n) is 1.93. The van der Waals surface area contributed by atoms with Crippen molar-refractivity contribution >= 4 is 0 Å². The van der Waals surface area contributed by atoms with Crippen molar-refractivity contribution in [2.24, 2.45) is 0 Å². The highest BCUT2D eigenvalue weighted by Gasteiger charge is 2.36. The fourth-order valence-electron chi connectivity index (χ4n) is 1.35. The lowest BCUT2D eigenvalue weighted by Crippen LogP contribution is -2.39. The Morgan fingerprint density at radius 1 is 1.08 bits per heavy atom. The fourth-order valence-corrected chi connectivity index (χ4v) is 1.35. The van der Waals surface area contributed by atoms with E-state index in [1.54, 1.807) is 0 Å². The van der Waals surface area contributed by atoms with E-state index in [2.05, 4.69) is 4.74 Å². The third kappa shape index (κ3) is 2.33. The zero-order chi connectivity index (χ0) is 9.14. The number of hydrogen-bond donors (Lipinski definition) is 0. The molecule has 0 N–H and O–H groups in total. The molecule has 1 nitrogen and oxygen atoms in total. The van der Waals surface area contributed by atoms with Gasteiger partial charge in [0.05, 0.1) is 0 Å². The number of rotatable bonds is 2. The molecule has 0 aliphatic heterocycles. The summed E-state index contributed by atoms with van der Waals surface area (Å²) < 4.78 is 52.6. The summed E-state index contributed by atoms with van der Waals surface area (Å²) in [6, 6.07) is 0. The van der Waals surface area contributed by atoms with E-state index in [0.717, 1.165) is 0 Å². The standard InChI is InChI=1S/C7H10F4O/c8-4-2-1-3-5(9)6(4)12-7(10)11/h4-7H,1-3H2. The van der Waals surface area contributed by atoms with Gasteiger partial charge in [-0.1, -0.05) is 0 Å². The van der Waals surface area contributed by atoms with Crippen molar-refractivity contribution in [1.29, 1.82) is 0 Å². The molecular weight excluding hydrogens is 176 g/mol. The molecule has 72 valence electrons. The predicted molar refractivity (Wildman–Crippen MR) is 34.5 cm³/mol. The molecule has 2 unspecified atom stereocenters. The largest absolute Gasteiger partial charge is 0.345 e. The van der Waals surface area contributed by atoms with E-state index in [1.807, 2.05) is 0 Å². The minimum atomic E-state index is -3.09. The van der Waals surface area contributed by atoms with Crippen molar-refractivity contribution in [2.75, 3.05) is 0 Å². The first-order chi connectivity index (χ1) is 5.61. The third-order valence-corrected chi connectivity index (χ3v) is 1.93. The maximum atomic E-state index is 12.8. The van der Waals surface area contributed by atoms with E-state index in [-0.39, 0.29) is 12.8 Å². The predicted octanol–water partition coefficient (Wildman–Crippen LogP) is 2.45. The van der Waals surface area contributed by atoms with Crippen molar-refractivity contribution in [3.63, 3.8) is 0 Å². The topological polar surface area (TPSA) is 9.23 Å². The summed E-state index contributed by atoms with van der Waals surface area (Å²) in [6.07, 6.45) is -4.15. The highest BCUT2D eigenvalue weighted by Crippen LogP contribution is 2.27. The average molecular weight is 186 g/mol. The van der Waals surface area contributed by atoms with Crippen LogP contribution < -0.4 is 0 Å². The summed E-state index contributed by atoms with van der Waals surface area (Å²) >= 11 is 0. The van der Waals surface area contributed by atoms with Crippen LogP contribution in [0.25, 0.3) is 0 Å². The molecule has 0 aromatic carbocycles. The van der Waals surface area contributed by atoms with Crippen LogP contribution in [0.2, 0.25) is 0 Å². The Morgan fingerprint density at radius 2 is 1.58 bits per heavy atom. The maximum Gasteiger partial charge on any atom is 0.345 e. The lowest BCUT2D eigenvalue weighted by molar-refractivity contribution is -0.202. The van der Waals surface area contributed by atoms with Gasteiger partial charge in [-0.25, -0.2) is 8.78 Å². The lowest BCUT2D eigenvalue weighted by atomic mass is 9.94. The van der Waals surface area contributed by atoms with Gasteiger partial charge in [-0.15, -0.1) is 0 Å². The van der Waals surface area contributed by atoms with Crippen LogP contribution in [0.1, 0.15) is 19.3 Å². The molecule has 1 rings (SSSR count). The van der Waals surface area contributed by atoms with Gasteiger partial charge in [0.2, 0.25) is 0 Å². The van der Waals surface area contributed by atoms with Crippen LogP contribution in [-0.4, -0.2) is 25.1 Å². The number of ether oxygens (including phenoxy) is 1. The molecule has 12 heavy (non-hydrogen) atoms. The molecule has 2 atom stereocenters. The molecule has 1 aliphatic carbocycles. The van der Waals surface area contributed by atoms with Gasteiger partial charge in [0.15, 0.2) is 0 Å². The Bertz CT molecular complexity index is 131. The SMILES string of the molecule is FC(F)OC1C(F)CCCC1F. The minimum absolute atomic E-state index is 0.109. The first-order valence-electron chi connectivity index (χ1n) is 3.83. The molecule has 1 fully saturated rings. The van der Waals surface area contributed by atoms with E-state index < -0.39 is 25.1 Å². The Kier molecular flexibility index (Phi) is 3.31. The number of halogens is 4. The zero-order valence-electron chi connectivity index (χ0n) is 6.35. The van der Waals surface area contributed by atoms with Gasteiger partial charge in [0.1, 0.15) is 18.4 Å². The molecule has 1 aliphatic rings. The Balaban J connectivity index is 2.45. The van der Waals surface area contributed by atoms with Crippen molar-refractivity contribution in [3.05, 3.63) is 0 Å². The molecule has 0 saturated heterocycles. The van der Waals surface area contributed by atoms with E-state index in [4.69, 9.17) is 0 Å². The van der Waals surface area contributed by atoms with Crippen LogP contribution in [0.15, 0.2) is 0 Å². The van der Waals surface area contributed by atoms with Crippen LogP contribution in [0, 0.1) is 0 Å². The molecule has 1 saturated carbocycles. The van der Waals surface area contributed by atoms with Gasteiger partial charge < -0.3 is 4.74 Å². The van der Waals surface area contributed by atoms with Crippen LogP contribution in [0.4, 0.5) is 17.6 Å². The van der Waals surface area contributed by atoms with Crippen LogP contribution in [-0.2, 0) is 4.74 Å². The summed E-state index contributed by atoms with van der Waals surface area (Å²) in [5.41, 5.74) is 0. The van der Waals surface area contributed by atoms with Crippen molar-refractivity contribution < 1.29 is 22.3 Å². The minimum Gasteiger partial charge on any atom is -0.313 e. The molecular formula is C7H10F4O. The number of alkyl halides is 4. The molecule has 0 bridgehead atoms. The van der Waals surface area contributed by atoms with Crippen LogP contribution in [0.3, 0.4) is 0 Å². The van der Waals surface area contributed by atoms with Crippen LogP contribution in [0.5, 0.6) is 0 Å². The highest BCUT2D eigenvalue weighted by atomic mass is 19.3. The fraction of sp³-hybridized carbons (Fsp3) is 1.00. The van der Waals surface area contributed by atoms with E-state index in [1.165, 1.54) is 0 Å². The molecule has 0 amide bonds. The average Bonchev–Trinajstić information content (AvgIpc) is 1.97. The summed E-state index contributed by atoms with van der Waals surface area (Å²) in [7, 11) is 0. The first kappa shape index (κ1) is 9.77. The molecule has 0 spiro atoms. The Labute approximate surface area is 67.7 Å². The van der Waals surface area contributed by atoms with Gasteiger partial charge in [0, 0.05) is 0 Å². The molecule has 5 heteroatoms. The highest BCUT2D eigenvalue weighted by molar-refractivity contribution is 4.83. The van der Waals surface area contributed by atoms with Crippen molar-refractivity contribution in [3.8, 4) is 0 Å². The summed E-state index contributed by atoms with van der Waals surface area (Å²) in [5, 5.41) is 0. The van der Waals surface area contributed by atoms with Crippen molar-refractivity contribution in [1.82, 2.24) is 0 Å². The number of hydrogen-bond acceptors (Lipinski definition) is 1. The normalized spacial score (nSPS) is 37.2. The Hall–Kier alpha value is -0.320. The summed E-state index contributed by atoms with van der Waals surface area (Å²) in [4.78, 5) is 0. The monoisotopic (exact) mass is 186 g/mol. The van der Waals surface area contributed by atoms with Crippen molar-refractivity contribution in [2.45, 2.75) is 44.3 Å². The van der Waals surface area contributed by atoms with E-state index >= 15 is 0 Å². The molecule has 0 radical (unpaired) electrons. The van der Waals surface area contributed by atoms with Gasteiger partial charge >= 0.3 is 6.61 Å². The van der Waals surface area contributed by atoms with Gasteiger partial charge in [-0.05, 0) is 19.3 Å². The Morgan fingerprint density at radius 3 is 2.00 bits per heavy atom. The lowest BCUT2D eigenvalue weighted by Gasteiger charge is -2.28. The second kappa shape index (κ2) is 4.07. The second-order valence-corrected chi connectivity index (χ2v) is 2.82. The molecule has 0 heterocycles. The quantitative estimate of drug-likeness (QED) is 0.602. The van der Waals surface area contributed by atoms with Gasteiger partial charge in [0.25, 0.3) is 0 Å². The first-order valence-corrected chi connectivity index (χ1v) is 3.83. The summed E-state index contributed by atoms with van der Waals surface area (Å²) in [6.45, 7) is -3.09. The van der Waals surface area contributed by atoms with Crippen LogP contribution >= 0.6 is 0 Å². The molecule has 0 aromatic rings. The van der Waals surface area contributed by atoms with Gasteiger partial charge in [-0.3, -0.25) is 0 Å². The second-order valence-electron chi connectivity index (χ2n) is 2.82. The van der Waals surface area contributed by atoms with E-state index in [9.17, 15) is 17.6 Å².